The van der Waals surface area contributed by atoms with Gasteiger partial charge in [-0.2, -0.15) is 13.2 Å². The molecule has 0 unspecified atom stereocenters. The van der Waals surface area contributed by atoms with E-state index < -0.39 is 30.8 Å². The highest BCUT2D eigenvalue weighted by Gasteiger charge is 2.33. The van der Waals surface area contributed by atoms with Crippen molar-refractivity contribution in [3.05, 3.63) is 94.5 Å². The SMILES string of the molecule is C[C@@H]1CN(C(=O)c2ccc(OCC(F)(F)F)cc2Cl)c2ccccc2CN1C(=O)NCC(=O)N(CCO)Cc1ccccc1. The molecule has 1 atom stereocenters. The fourth-order valence-electron chi connectivity index (χ4n) is 4.82. The number of hydrogen-bond acceptors (Lipinski definition) is 5. The number of anilines is 1. The van der Waals surface area contributed by atoms with E-state index >= 15 is 0 Å². The van der Waals surface area contributed by atoms with E-state index in [0.717, 1.165) is 11.6 Å². The van der Waals surface area contributed by atoms with Gasteiger partial charge in [0.15, 0.2) is 6.61 Å². The Hall–Kier alpha value is -4.29. The Bertz CT molecular complexity index is 1470. The molecule has 0 fully saturated rings. The van der Waals surface area contributed by atoms with Crippen LogP contribution in [0.3, 0.4) is 0 Å². The highest BCUT2D eigenvalue weighted by molar-refractivity contribution is 6.34. The largest absolute Gasteiger partial charge is 0.484 e. The zero-order chi connectivity index (χ0) is 31.9. The molecule has 4 amide bonds. The summed E-state index contributed by atoms with van der Waals surface area (Å²) < 4.78 is 42.4. The minimum atomic E-state index is -4.53. The fraction of sp³-hybridized carbons (Fsp3) is 0.323. The number of benzene rings is 3. The predicted molar refractivity (Wildman–Crippen MR) is 158 cm³/mol. The molecular formula is C31H32ClF3N4O5. The van der Waals surface area contributed by atoms with Crippen molar-refractivity contribution in [2.45, 2.75) is 32.2 Å². The van der Waals surface area contributed by atoms with Gasteiger partial charge in [0.2, 0.25) is 5.91 Å². The van der Waals surface area contributed by atoms with Gasteiger partial charge in [-0.3, -0.25) is 9.59 Å². The summed E-state index contributed by atoms with van der Waals surface area (Å²) in [7, 11) is 0. The number of aliphatic hydroxyl groups is 1. The minimum absolute atomic E-state index is 0.0546. The lowest BCUT2D eigenvalue weighted by Crippen LogP contribution is -2.50. The third-order valence-electron chi connectivity index (χ3n) is 7.01. The van der Waals surface area contributed by atoms with Crippen molar-refractivity contribution in [2.24, 2.45) is 0 Å². The number of rotatable bonds is 9. The van der Waals surface area contributed by atoms with Crippen LogP contribution in [-0.4, -0.2) is 77.8 Å². The third kappa shape index (κ3) is 8.42. The molecule has 0 saturated heterocycles. The Balaban J connectivity index is 1.47. The topological polar surface area (TPSA) is 102 Å². The van der Waals surface area contributed by atoms with Crippen molar-refractivity contribution in [3.63, 3.8) is 0 Å². The summed E-state index contributed by atoms with van der Waals surface area (Å²) in [4.78, 5) is 44.5. The standard InChI is InChI=1S/C31H32ClF3N4O5/c1-21-17-39(29(42)25-12-11-24(15-26(25)32)44-20-31(33,34)35)27-10-6-5-9-23(27)19-38(21)30(43)36-16-28(41)37(13-14-40)18-22-7-3-2-4-8-22/h2-12,15,21,40H,13-14,16-20H2,1H3,(H,36,43)/t21-/m1/s1. The van der Waals surface area contributed by atoms with Crippen molar-refractivity contribution in [2.75, 3.05) is 37.7 Å². The molecule has 4 rings (SSSR count). The summed E-state index contributed by atoms with van der Waals surface area (Å²) >= 11 is 6.31. The maximum Gasteiger partial charge on any atom is 0.422 e. The molecule has 0 spiro atoms. The molecule has 0 radical (unpaired) electrons. The van der Waals surface area contributed by atoms with Crippen molar-refractivity contribution in [1.29, 1.82) is 0 Å². The van der Waals surface area contributed by atoms with E-state index in [-0.39, 0.29) is 61.6 Å². The van der Waals surface area contributed by atoms with Crippen LogP contribution in [0.15, 0.2) is 72.8 Å². The van der Waals surface area contributed by atoms with E-state index in [2.05, 4.69) is 5.32 Å². The van der Waals surface area contributed by atoms with E-state index in [1.54, 1.807) is 31.2 Å². The molecule has 13 heteroatoms. The Morgan fingerprint density at radius 1 is 1.07 bits per heavy atom. The van der Waals surface area contributed by atoms with E-state index in [1.165, 1.54) is 26.8 Å². The van der Waals surface area contributed by atoms with Gasteiger partial charge in [0.25, 0.3) is 5.91 Å². The first kappa shape index (κ1) is 32.6. The maximum absolute atomic E-state index is 13.7. The molecule has 2 N–H and O–H groups in total. The van der Waals surface area contributed by atoms with Crippen LogP contribution < -0.4 is 15.0 Å². The molecular weight excluding hydrogens is 601 g/mol. The van der Waals surface area contributed by atoms with Gasteiger partial charge in [0.05, 0.1) is 23.7 Å². The lowest BCUT2D eigenvalue weighted by molar-refractivity contribution is -0.153. The zero-order valence-electron chi connectivity index (χ0n) is 23.9. The van der Waals surface area contributed by atoms with Crippen LogP contribution in [0.5, 0.6) is 5.75 Å². The summed E-state index contributed by atoms with van der Waals surface area (Å²) in [6, 6.07) is 19.0. The van der Waals surface area contributed by atoms with Crippen LogP contribution in [0.25, 0.3) is 0 Å². The number of fused-ring (bicyclic) bond motifs is 1. The Kier molecular flexibility index (Phi) is 10.7. The van der Waals surface area contributed by atoms with Crippen molar-refractivity contribution in [1.82, 2.24) is 15.1 Å². The van der Waals surface area contributed by atoms with E-state index in [9.17, 15) is 32.7 Å². The lowest BCUT2D eigenvalue weighted by Gasteiger charge is -2.30. The number of nitrogens with one attached hydrogen (secondary N) is 1. The van der Waals surface area contributed by atoms with Gasteiger partial charge in [-0.1, -0.05) is 60.1 Å². The second-order valence-corrected chi connectivity index (χ2v) is 10.7. The smallest absolute Gasteiger partial charge is 0.422 e. The summed E-state index contributed by atoms with van der Waals surface area (Å²) in [5.74, 6) is -1.00. The van der Waals surface area contributed by atoms with Gasteiger partial charge in [-0.25, -0.2) is 4.79 Å². The molecule has 0 saturated carbocycles. The lowest BCUT2D eigenvalue weighted by atomic mass is 10.1. The number of halogens is 4. The number of carbonyl (C=O) groups excluding carboxylic acids is 3. The van der Waals surface area contributed by atoms with E-state index in [1.807, 2.05) is 30.3 Å². The number of aliphatic hydroxyl groups excluding tert-OH is 1. The molecule has 0 bridgehead atoms. The predicted octanol–water partition coefficient (Wildman–Crippen LogP) is 4.86. The molecule has 44 heavy (non-hydrogen) atoms. The number of urea groups is 1. The zero-order valence-corrected chi connectivity index (χ0v) is 24.6. The van der Waals surface area contributed by atoms with Gasteiger partial charge in [-0.05, 0) is 42.3 Å². The number of ether oxygens (including phenoxy) is 1. The van der Waals surface area contributed by atoms with Crippen molar-refractivity contribution < 1.29 is 37.4 Å². The third-order valence-corrected chi connectivity index (χ3v) is 7.32. The first-order valence-corrected chi connectivity index (χ1v) is 14.2. The second-order valence-electron chi connectivity index (χ2n) is 10.3. The monoisotopic (exact) mass is 632 g/mol. The molecule has 1 aliphatic heterocycles. The number of hydrogen-bond donors (Lipinski definition) is 2. The van der Waals surface area contributed by atoms with Crippen LogP contribution in [0.1, 0.15) is 28.4 Å². The number of nitrogens with zero attached hydrogens (tertiary/aromatic N) is 3. The number of carbonyl (C=O) groups is 3. The highest BCUT2D eigenvalue weighted by Crippen LogP contribution is 2.31. The van der Waals surface area contributed by atoms with Crippen LogP contribution in [0, 0.1) is 0 Å². The van der Waals surface area contributed by atoms with Gasteiger partial charge in [-0.15, -0.1) is 0 Å². The molecule has 1 heterocycles. The first-order chi connectivity index (χ1) is 21.0. The number of para-hydroxylation sites is 1. The van der Waals surface area contributed by atoms with Gasteiger partial charge in [0, 0.05) is 37.9 Å². The van der Waals surface area contributed by atoms with Crippen molar-refractivity contribution >= 4 is 35.1 Å². The first-order valence-electron chi connectivity index (χ1n) is 13.8. The Morgan fingerprint density at radius 2 is 1.77 bits per heavy atom. The van der Waals surface area contributed by atoms with Crippen LogP contribution in [-0.2, 0) is 17.9 Å². The van der Waals surface area contributed by atoms with Gasteiger partial charge >= 0.3 is 12.2 Å². The quantitative estimate of drug-likeness (QED) is 0.351. The normalized spacial score (nSPS) is 14.8. The molecule has 1 aliphatic rings. The summed E-state index contributed by atoms with van der Waals surface area (Å²) in [5, 5.41) is 12.1. The summed E-state index contributed by atoms with van der Waals surface area (Å²) in [5.41, 5.74) is 2.14. The van der Waals surface area contributed by atoms with Crippen LogP contribution in [0.2, 0.25) is 5.02 Å². The highest BCUT2D eigenvalue weighted by atomic mass is 35.5. The van der Waals surface area contributed by atoms with Crippen LogP contribution >= 0.6 is 11.6 Å². The molecule has 0 aromatic heterocycles. The minimum Gasteiger partial charge on any atom is -0.484 e. The van der Waals surface area contributed by atoms with E-state index in [0.29, 0.717) is 11.3 Å². The second kappa shape index (κ2) is 14.5. The summed E-state index contributed by atoms with van der Waals surface area (Å²) in [6.07, 6.45) is -4.53. The maximum atomic E-state index is 13.7. The van der Waals surface area contributed by atoms with Crippen molar-refractivity contribution in [3.8, 4) is 5.75 Å². The number of amides is 4. The summed E-state index contributed by atoms with van der Waals surface area (Å²) in [6.45, 7) is 0.334. The number of alkyl halides is 3. The molecule has 234 valence electrons. The van der Waals surface area contributed by atoms with E-state index in [4.69, 9.17) is 16.3 Å². The average Bonchev–Trinajstić information content (AvgIpc) is 3.14. The fourth-order valence-corrected chi connectivity index (χ4v) is 5.07. The Morgan fingerprint density at radius 3 is 2.45 bits per heavy atom. The van der Waals surface area contributed by atoms with Gasteiger partial charge < -0.3 is 29.9 Å². The molecule has 3 aromatic rings. The molecule has 3 aromatic carbocycles. The molecule has 9 nitrogen and oxygen atoms in total. The van der Waals surface area contributed by atoms with Crippen LogP contribution in [0.4, 0.5) is 23.7 Å². The molecule has 0 aliphatic carbocycles. The Labute approximate surface area is 257 Å². The van der Waals surface area contributed by atoms with Gasteiger partial charge in [0.1, 0.15) is 5.75 Å². The average molecular weight is 633 g/mol.